The molecule has 8 heteroatoms. The number of alkyl halides is 3. The minimum atomic E-state index is -4.67. The molecule has 2 nitrogen and oxygen atoms in total. The van der Waals surface area contributed by atoms with Crippen molar-refractivity contribution in [3.8, 4) is 11.1 Å². The fourth-order valence-corrected chi connectivity index (χ4v) is 2.42. The van der Waals surface area contributed by atoms with Crippen LogP contribution in [0.3, 0.4) is 0 Å². The van der Waals surface area contributed by atoms with Crippen molar-refractivity contribution in [2.75, 3.05) is 0 Å². The van der Waals surface area contributed by atoms with E-state index in [1.54, 1.807) is 0 Å². The van der Waals surface area contributed by atoms with Crippen molar-refractivity contribution in [1.82, 2.24) is 4.98 Å². The molecule has 0 bridgehead atoms. The average molecular weight is 343 g/mol. The normalized spacial score (nSPS) is 11.7. The lowest BCUT2D eigenvalue weighted by Gasteiger charge is -2.15. The van der Waals surface area contributed by atoms with Gasteiger partial charge in [-0.25, -0.2) is 0 Å². The van der Waals surface area contributed by atoms with E-state index in [0.717, 1.165) is 6.07 Å². The molecule has 0 unspecified atom stereocenters. The Labute approximate surface area is 126 Å². The molecule has 106 valence electrons. The van der Waals surface area contributed by atoms with Gasteiger partial charge in [0.25, 0.3) is 0 Å². The number of rotatable bonds is 1. The summed E-state index contributed by atoms with van der Waals surface area (Å²) in [6, 6.07) is 3.45. The largest absolute Gasteiger partial charge is 0.418 e. The number of benzene rings is 1. The van der Waals surface area contributed by atoms with Gasteiger partial charge < -0.3 is 4.98 Å². The van der Waals surface area contributed by atoms with Crippen LogP contribution in [0.15, 0.2) is 29.2 Å². The molecule has 0 saturated carbocycles. The first-order valence-corrected chi connectivity index (χ1v) is 6.29. The van der Waals surface area contributed by atoms with Crippen LogP contribution >= 0.6 is 34.8 Å². The second-order valence-corrected chi connectivity index (χ2v) is 5.03. The van der Waals surface area contributed by atoms with Crippen molar-refractivity contribution in [3.63, 3.8) is 0 Å². The number of aromatic amines is 1. The van der Waals surface area contributed by atoms with Crippen molar-refractivity contribution < 1.29 is 13.2 Å². The van der Waals surface area contributed by atoms with E-state index in [1.807, 2.05) is 4.98 Å². The quantitative estimate of drug-likeness (QED) is 0.725. The Bertz CT molecular complexity index is 725. The van der Waals surface area contributed by atoms with Crippen molar-refractivity contribution in [3.05, 3.63) is 55.4 Å². The molecule has 20 heavy (non-hydrogen) atoms. The number of hydrogen-bond acceptors (Lipinski definition) is 1. The molecule has 0 atom stereocenters. The summed E-state index contributed by atoms with van der Waals surface area (Å²) in [7, 11) is 0. The molecule has 0 saturated heterocycles. The third kappa shape index (κ3) is 2.80. The summed E-state index contributed by atoms with van der Waals surface area (Å²) in [5.74, 6) is 0. The van der Waals surface area contributed by atoms with Crippen LogP contribution in [0.2, 0.25) is 15.1 Å². The highest BCUT2D eigenvalue weighted by Crippen LogP contribution is 2.43. The third-order valence-electron chi connectivity index (χ3n) is 2.54. The van der Waals surface area contributed by atoms with Crippen LogP contribution in [-0.4, -0.2) is 4.98 Å². The zero-order valence-electron chi connectivity index (χ0n) is 9.49. The van der Waals surface area contributed by atoms with E-state index in [4.69, 9.17) is 34.8 Å². The van der Waals surface area contributed by atoms with E-state index in [-0.39, 0.29) is 20.6 Å². The Morgan fingerprint density at radius 2 is 1.65 bits per heavy atom. The van der Waals surface area contributed by atoms with Gasteiger partial charge in [-0.15, -0.1) is 0 Å². The highest BCUT2D eigenvalue weighted by Gasteiger charge is 2.35. The summed E-state index contributed by atoms with van der Waals surface area (Å²) in [5.41, 5.74) is -2.30. The molecule has 0 amide bonds. The van der Waals surface area contributed by atoms with Crippen LogP contribution in [0.25, 0.3) is 11.1 Å². The number of hydrogen-bond donors (Lipinski definition) is 1. The highest BCUT2D eigenvalue weighted by atomic mass is 35.5. The lowest BCUT2D eigenvalue weighted by atomic mass is 10.0. The highest BCUT2D eigenvalue weighted by molar-refractivity contribution is 6.46. The fourth-order valence-electron chi connectivity index (χ4n) is 1.69. The number of aromatic nitrogens is 1. The smallest absolute Gasteiger partial charge is 0.328 e. The molecule has 0 aliphatic heterocycles. The van der Waals surface area contributed by atoms with Gasteiger partial charge in [0.1, 0.15) is 0 Å². The molecule has 0 aliphatic rings. The predicted octanol–water partition coefficient (Wildman–Crippen LogP) is 5.02. The van der Waals surface area contributed by atoms with Crippen molar-refractivity contribution >= 4 is 34.8 Å². The van der Waals surface area contributed by atoms with Crippen LogP contribution in [0.4, 0.5) is 13.2 Å². The fraction of sp³-hybridized carbons (Fsp3) is 0.0833. The summed E-state index contributed by atoms with van der Waals surface area (Å²) in [5, 5.41) is -0.134. The summed E-state index contributed by atoms with van der Waals surface area (Å²) in [6.07, 6.45) is -4.10. The lowest BCUT2D eigenvalue weighted by Crippen LogP contribution is -2.13. The first kappa shape index (κ1) is 15.2. The van der Waals surface area contributed by atoms with Gasteiger partial charge in [0.05, 0.1) is 20.6 Å². The van der Waals surface area contributed by atoms with Gasteiger partial charge in [0, 0.05) is 23.4 Å². The Morgan fingerprint density at radius 1 is 1.05 bits per heavy atom. The maximum atomic E-state index is 13.0. The number of H-pyrrole nitrogens is 1. The Morgan fingerprint density at radius 3 is 2.25 bits per heavy atom. The maximum Gasteiger partial charge on any atom is 0.418 e. The minimum absolute atomic E-state index is 0.0319. The van der Waals surface area contributed by atoms with E-state index in [2.05, 4.69) is 0 Å². The lowest BCUT2D eigenvalue weighted by molar-refractivity contribution is -0.137. The van der Waals surface area contributed by atoms with Crippen LogP contribution in [0.5, 0.6) is 0 Å². The number of pyridine rings is 1. The van der Waals surface area contributed by atoms with Crippen LogP contribution in [0.1, 0.15) is 5.56 Å². The molecule has 1 aromatic carbocycles. The van der Waals surface area contributed by atoms with Gasteiger partial charge in [-0.05, 0) is 12.1 Å². The molecule has 1 N–H and O–H groups in total. The van der Waals surface area contributed by atoms with Crippen molar-refractivity contribution in [2.45, 2.75) is 6.18 Å². The Kier molecular flexibility index (Phi) is 4.04. The topological polar surface area (TPSA) is 32.9 Å². The van der Waals surface area contributed by atoms with E-state index >= 15 is 0 Å². The van der Waals surface area contributed by atoms with Crippen LogP contribution in [-0.2, 0) is 6.18 Å². The number of nitrogens with one attached hydrogen (secondary N) is 1. The minimum Gasteiger partial charge on any atom is -0.328 e. The third-order valence-corrected chi connectivity index (χ3v) is 3.66. The van der Waals surface area contributed by atoms with Crippen LogP contribution < -0.4 is 5.56 Å². The van der Waals surface area contributed by atoms with E-state index < -0.39 is 22.9 Å². The zero-order chi connectivity index (χ0) is 15.1. The molecule has 0 fully saturated rings. The molecular weight excluding hydrogens is 337 g/mol. The molecule has 0 aliphatic carbocycles. The van der Waals surface area contributed by atoms with Crippen molar-refractivity contribution in [2.24, 2.45) is 0 Å². The van der Waals surface area contributed by atoms with Crippen molar-refractivity contribution in [1.29, 1.82) is 0 Å². The number of halogens is 6. The van der Waals surface area contributed by atoms with Crippen LogP contribution in [0, 0.1) is 0 Å². The van der Waals surface area contributed by atoms with E-state index in [0.29, 0.717) is 6.20 Å². The molecular formula is C12H5Cl3F3NO. The summed E-state index contributed by atoms with van der Waals surface area (Å²) < 4.78 is 39.0. The molecule has 2 aromatic rings. The Balaban J connectivity index is 2.86. The predicted molar refractivity (Wildman–Crippen MR) is 72.5 cm³/mol. The second kappa shape index (κ2) is 5.31. The van der Waals surface area contributed by atoms with Gasteiger partial charge in [-0.3, -0.25) is 4.79 Å². The first-order valence-electron chi connectivity index (χ1n) is 5.15. The molecule has 0 spiro atoms. The van der Waals surface area contributed by atoms with E-state index in [9.17, 15) is 18.0 Å². The van der Waals surface area contributed by atoms with E-state index in [1.165, 1.54) is 12.1 Å². The van der Waals surface area contributed by atoms with Gasteiger partial charge in [0.2, 0.25) is 5.56 Å². The monoisotopic (exact) mass is 341 g/mol. The average Bonchev–Trinajstić information content (AvgIpc) is 2.33. The summed E-state index contributed by atoms with van der Waals surface area (Å²) in [6.45, 7) is 0. The molecule has 1 heterocycles. The Hall–Kier alpha value is -1.17. The standard InChI is InChI=1S/C12H5Cl3F3NO/c13-7-1-2-8(14)11(15)10(7)5-3-9(20)19-4-6(5)12(16,17)18/h1-4H,(H,19,20). The zero-order valence-corrected chi connectivity index (χ0v) is 11.8. The molecule has 0 radical (unpaired) electrons. The molecule has 2 rings (SSSR count). The molecule has 1 aromatic heterocycles. The summed E-state index contributed by atoms with van der Waals surface area (Å²) in [4.78, 5) is 13.3. The van der Waals surface area contributed by atoms with Gasteiger partial charge in [0.15, 0.2) is 0 Å². The SMILES string of the molecule is O=c1cc(-c2c(Cl)ccc(Cl)c2Cl)c(C(F)(F)F)c[nH]1. The van der Waals surface area contributed by atoms with Gasteiger partial charge in [-0.1, -0.05) is 34.8 Å². The van der Waals surface area contributed by atoms with Gasteiger partial charge in [-0.2, -0.15) is 13.2 Å². The maximum absolute atomic E-state index is 13.0. The summed E-state index contributed by atoms with van der Waals surface area (Å²) >= 11 is 17.6. The first-order chi connectivity index (χ1) is 9.21. The van der Waals surface area contributed by atoms with Gasteiger partial charge >= 0.3 is 6.18 Å². The second-order valence-electron chi connectivity index (χ2n) is 3.84.